The highest BCUT2D eigenvalue weighted by Gasteiger charge is 2.60. The summed E-state index contributed by atoms with van der Waals surface area (Å²) in [4.78, 5) is 23.8. The molecule has 5 heteroatoms. The van der Waals surface area contributed by atoms with E-state index in [1.165, 1.54) is 6.42 Å². The Kier molecular flexibility index (Phi) is 3.65. The predicted octanol–water partition coefficient (Wildman–Crippen LogP) is 1.86. The molecule has 0 aromatic heterocycles. The zero-order valence-corrected chi connectivity index (χ0v) is 12.7. The molecular formula is C16H20ClNO3. The number of hydrogen-bond donors (Lipinski definition) is 1. The topological polar surface area (TPSA) is 55.4 Å². The van der Waals surface area contributed by atoms with Gasteiger partial charge in [-0.15, -0.1) is 18.0 Å². The molecule has 4 fully saturated rings. The van der Waals surface area contributed by atoms with E-state index in [9.17, 15) is 9.59 Å². The van der Waals surface area contributed by atoms with Crippen molar-refractivity contribution >= 4 is 23.5 Å². The number of terminal acetylenes is 1. The SMILES string of the molecule is C#CCNC(=O)COC(=O)C12C[C@@H]3C[C@H](CC(Cl)(C3)C1)C2. The van der Waals surface area contributed by atoms with E-state index < -0.39 is 5.41 Å². The van der Waals surface area contributed by atoms with Gasteiger partial charge in [0.15, 0.2) is 6.61 Å². The van der Waals surface area contributed by atoms with E-state index in [1.54, 1.807) is 0 Å². The van der Waals surface area contributed by atoms with Crippen LogP contribution in [0.3, 0.4) is 0 Å². The lowest BCUT2D eigenvalue weighted by Gasteiger charge is -2.58. The van der Waals surface area contributed by atoms with E-state index in [2.05, 4.69) is 11.2 Å². The lowest BCUT2D eigenvalue weighted by atomic mass is 9.49. The maximum atomic E-state index is 12.5. The van der Waals surface area contributed by atoms with E-state index in [1.807, 2.05) is 0 Å². The van der Waals surface area contributed by atoms with Crippen LogP contribution in [0.2, 0.25) is 0 Å². The molecule has 21 heavy (non-hydrogen) atoms. The minimum atomic E-state index is -0.460. The van der Waals surface area contributed by atoms with Crippen molar-refractivity contribution in [3.8, 4) is 12.3 Å². The van der Waals surface area contributed by atoms with Crippen molar-refractivity contribution in [3.05, 3.63) is 0 Å². The molecule has 4 saturated carbocycles. The number of alkyl halides is 1. The number of carbonyl (C=O) groups excluding carboxylic acids is 2. The zero-order chi connectivity index (χ0) is 15.1. The van der Waals surface area contributed by atoms with Gasteiger partial charge in [0.2, 0.25) is 0 Å². The fourth-order valence-electron chi connectivity index (χ4n) is 4.87. The third-order valence-electron chi connectivity index (χ3n) is 5.14. The third-order valence-corrected chi connectivity index (χ3v) is 5.59. The van der Waals surface area contributed by atoms with Gasteiger partial charge in [0, 0.05) is 4.87 Å². The van der Waals surface area contributed by atoms with E-state index in [0.717, 1.165) is 25.7 Å². The fraction of sp³-hybridized carbons (Fsp3) is 0.750. The first-order valence-electron chi connectivity index (χ1n) is 7.51. The summed E-state index contributed by atoms with van der Waals surface area (Å²) < 4.78 is 5.25. The Morgan fingerprint density at radius 2 is 1.95 bits per heavy atom. The summed E-state index contributed by atoms with van der Waals surface area (Å²) in [5, 5.41) is 2.49. The molecule has 0 aromatic carbocycles. The average Bonchev–Trinajstić information content (AvgIpc) is 2.39. The third kappa shape index (κ3) is 2.76. The molecule has 0 spiro atoms. The van der Waals surface area contributed by atoms with Gasteiger partial charge in [0.1, 0.15) is 0 Å². The maximum Gasteiger partial charge on any atom is 0.312 e. The molecule has 0 unspecified atom stereocenters. The van der Waals surface area contributed by atoms with Gasteiger partial charge < -0.3 is 10.1 Å². The standard InChI is InChI=1S/C16H20ClNO3/c1-2-3-18-13(19)9-21-14(20)15-5-11-4-12(6-15)8-16(17,7-11)10-15/h1,11-12H,3-10H2,(H,18,19)/t11-,12-,15?,16?/m0/s1. The summed E-state index contributed by atoms with van der Waals surface area (Å²) in [5.41, 5.74) is -0.460. The van der Waals surface area contributed by atoms with E-state index in [-0.39, 0.29) is 29.9 Å². The van der Waals surface area contributed by atoms with Gasteiger partial charge >= 0.3 is 5.97 Å². The highest BCUT2D eigenvalue weighted by atomic mass is 35.5. The van der Waals surface area contributed by atoms with Gasteiger partial charge in [0.25, 0.3) is 5.91 Å². The minimum absolute atomic E-state index is 0.149. The van der Waals surface area contributed by atoms with Crippen LogP contribution in [0.15, 0.2) is 0 Å². The second-order valence-corrected chi connectivity index (χ2v) is 7.75. The quantitative estimate of drug-likeness (QED) is 0.490. The second kappa shape index (κ2) is 5.21. The Morgan fingerprint density at radius 1 is 1.29 bits per heavy atom. The van der Waals surface area contributed by atoms with E-state index in [4.69, 9.17) is 22.8 Å². The molecule has 0 aliphatic heterocycles. The summed E-state index contributed by atoms with van der Waals surface area (Å²) in [7, 11) is 0. The summed E-state index contributed by atoms with van der Waals surface area (Å²) in [6.07, 6.45) is 10.7. The Labute approximate surface area is 129 Å². The first-order valence-corrected chi connectivity index (χ1v) is 7.89. The number of rotatable bonds is 4. The van der Waals surface area contributed by atoms with E-state index >= 15 is 0 Å². The van der Waals surface area contributed by atoms with Gasteiger partial charge in [-0.1, -0.05) is 5.92 Å². The molecule has 4 nitrogen and oxygen atoms in total. The van der Waals surface area contributed by atoms with Crippen LogP contribution in [-0.2, 0) is 14.3 Å². The van der Waals surface area contributed by atoms with Crippen LogP contribution in [0.25, 0.3) is 0 Å². The summed E-state index contributed by atoms with van der Waals surface area (Å²) in [6.45, 7) is -0.108. The lowest BCUT2D eigenvalue weighted by Crippen LogP contribution is -2.56. The van der Waals surface area contributed by atoms with Crippen LogP contribution >= 0.6 is 11.6 Å². The molecule has 4 aliphatic rings. The normalized spacial score (nSPS) is 39.6. The molecule has 4 aliphatic carbocycles. The van der Waals surface area contributed by atoms with Crippen molar-refractivity contribution in [2.24, 2.45) is 17.3 Å². The molecule has 0 aromatic rings. The smallest absolute Gasteiger partial charge is 0.312 e. The Bertz CT molecular complexity index is 496. The monoisotopic (exact) mass is 309 g/mol. The molecule has 1 N–H and O–H groups in total. The van der Waals surface area contributed by atoms with Crippen molar-refractivity contribution in [3.63, 3.8) is 0 Å². The Morgan fingerprint density at radius 3 is 2.52 bits per heavy atom. The summed E-state index contributed by atoms with van der Waals surface area (Å²) >= 11 is 6.69. The highest BCUT2D eigenvalue weighted by Crippen LogP contribution is 2.64. The molecule has 4 rings (SSSR count). The van der Waals surface area contributed by atoms with Gasteiger partial charge in [-0.05, 0) is 50.4 Å². The molecular weight excluding hydrogens is 290 g/mol. The zero-order valence-electron chi connectivity index (χ0n) is 12.0. The van der Waals surface area contributed by atoms with Crippen molar-refractivity contribution in [1.29, 1.82) is 0 Å². The Balaban J connectivity index is 1.62. The van der Waals surface area contributed by atoms with Gasteiger partial charge in [0.05, 0.1) is 12.0 Å². The number of halogens is 1. The van der Waals surface area contributed by atoms with Crippen molar-refractivity contribution in [1.82, 2.24) is 5.32 Å². The van der Waals surface area contributed by atoms with Crippen LogP contribution in [0.4, 0.5) is 0 Å². The van der Waals surface area contributed by atoms with Crippen LogP contribution in [0.1, 0.15) is 38.5 Å². The van der Waals surface area contributed by atoms with Crippen LogP contribution in [-0.4, -0.2) is 29.9 Å². The molecule has 0 heterocycles. The molecule has 2 atom stereocenters. The lowest BCUT2D eigenvalue weighted by molar-refractivity contribution is -0.171. The van der Waals surface area contributed by atoms with Gasteiger partial charge in [-0.3, -0.25) is 9.59 Å². The maximum absolute atomic E-state index is 12.5. The number of esters is 1. The number of nitrogens with one attached hydrogen (secondary N) is 1. The van der Waals surface area contributed by atoms with Gasteiger partial charge in [-0.25, -0.2) is 0 Å². The molecule has 1 amide bonds. The van der Waals surface area contributed by atoms with Crippen molar-refractivity contribution < 1.29 is 14.3 Å². The average molecular weight is 310 g/mol. The largest absolute Gasteiger partial charge is 0.455 e. The summed E-state index contributed by atoms with van der Waals surface area (Å²) in [6, 6.07) is 0. The number of ether oxygens (including phenoxy) is 1. The minimum Gasteiger partial charge on any atom is -0.455 e. The fourth-order valence-corrected chi connectivity index (χ4v) is 5.57. The number of carbonyl (C=O) groups is 2. The summed E-state index contributed by atoms with van der Waals surface area (Å²) in [5.74, 6) is 2.77. The van der Waals surface area contributed by atoms with Crippen molar-refractivity contribution in [2.45, 2.75) is 43.4 Å². The Hall–Kier alpha value is -1.21. The van der Waals surface area contributed by atoms with Crippen LogP contribution in [0.5, 0.6) is 0 Å². The molecule has 0 saturated heterocycles. The number of hydrogen-bond acceptors (Lipinski definition) is 3. The number of amides is 1. The first kappa shape index (κ1) is 14.7. The highest BCUT2D eigenvalue weighted by molar-refractivity contribution is 6.24. The second-order valence-electron chi connectivity index (χ2n) is 6.95. The molecule has 114 valence electrons. The first-order chi connectivity index (χ1) is 9.95. The van der Waals surface area contributed by atoms with Crippen LogP contribution < -0.4 is 5.32 Å². The molecule has 0 radical (unpaired) electrons. The van der Waals surface area contributed by atoms with Crippen LogP contribution in [0, 0.1) is 29.6 Å². The predicted molar refractivity (Wildman–Crippen MR) is 78.5 cm³/mol. The molecule has 4 bridgehead atoms. The van der Waals surface area contributed by atoms with E-state index in [0.29, 0.717) is 18.3 Å². The van der Waals surface area contributed by atoms with Crippen molar-refractivity contribution in [2.75, 3.05) is 13.2 Å². The van der Waals surface area contributed by atoms with Gasteiger partial charge in [-0.2, -0.15) is 0 Å².